The van der Waals surface area contributed by atoms with Crippen molar-refractivity contribution >= 4 is 0 Å². The first-order valence-electron chi connectivity index (χ1n) is 5.29. The molecule has 1 aliphatic rings. The molecule has 1 heterocycles. The molecule has 0 bridgehead atoms. The van der Waals surface area contributed by atoms with Crippen LogP contribution in [0.15, 0.2) is 24.3 Å². The van der Waals surface area contributed by atoms with Gasteiger partial charge in [0, 0.05) is 12.5 Å². The summed E-state index contributed by atoms with van der Waals surface area (Å²) in [5.41, 5.74) is 7.23. The van der Waals surface area contributed by atoms with Crippen LogP contribution in [-0.2, 0) is 6.42 Å². The molecule has 0 radical (unpaired) electrons. The highest BCUT2D eigenvalue weighted by atomic mass is 16.5. The average molecular weight is 191 g/mol. The van der Waals surface area contributed by atoms with Crippen molar-refractivity contribution in [2.75, 3.05) is 0 Å². The van der Waals surface area contributed by atoms with Crippen molar-refractivity contribution in [3.05, 3.63) is 29.8 Å². The molecule has 0 spiro atoms. The van der Waals surface area contributed by atoms with Gasteiger partial charge in [-0.2, -0.15) is 0 Å². The van der Waals surface area contributed by atoms with Gasteiger partial charge in [-0.15, -0.1) is 0 Å². The average Bonchev–Trinajstić information content (AvgIpc) is 2.59. The van der Waals surface area contributed by atoms with Gasteiger partial charge in [0.25, 0.3) is 0 Å². The topological polar surface area (TPSA) is 35.2 Å². The van der Waals surface area contributed by atoms with Crippen LogP contribution in [0.1, 0.15) is 25.3 Å². The molecule has 0 saturated heterocycles. The minimum atomic E-state index is 0.273. The Hall–Kier alpha value is -1.02. The van der Waals surface area contributed by atoms with Crippen molar-refractivity contribution in [3.63, 3.8) is 0 Å². The monoisotopic (exact) mass is 191 g/mol. The van der Waals surface area contributed by atoms with Crippen molar-refractivity contribution in [2.45, 2.75) is 38.3 Å². The van der Waals surface area contributed by atoms with E-state index >= 15 is 0 Å². The lowest BCUT2D eigenvalue weighted by atomic mass is 10.0. The molecular formula is C12H17NO. The van der Waals surface area contributed by atoms with E-state index in [1.54, 1.807) is 0 Å². The Bertz CT molecular complexity index is 286. The summed E-state index contributed by atoms with van der Waals surface area (Å²) in [6.45, 7) is 2.12. The first-order valence-corrected chi connectivity index (χ1v) is 5.29. The van der Waals surface area contributed by atoms with Gasteiger partial charge in [0.05, 0.1) is 0 Å². The van der Waals surface area contributed by atoms with E-state index < -0.39 is 0 Å². The number of nitrogens with two attached hydrogens (primary N) is 1. The minimum absolute atomic E-state index is 0.273. The van der Waals surface area contributed by atoms with E-state index in [1.165, 1.54) is 5.56 Å². The molecule has 14 heavy (non-hydrogen) atoms. The molecule has 1 aromatic carbocycles. The predicted molar refractivity (Wildman–Crippen MR) is 57.4 cm³/mol. The fraction of sp³-hybridized carbons (Fsp3) is 0.500. The summed E-state index contributed by atoms with van der Waals surface area (Å²) in [5.74, 6) is 1.04. The third-order valence-electron chi connectivity index (χ3n) is 2.80. The van der Waals surface area contributed by atoms with E-state index in [0.29, 0.717) is 6.10 Å². The summed E-state index contributed by atoms with van der Waals surface area (Å²) in [7, 11) is 0. The van der Waals surface area contributed by atoms with Crippen molar-refractivity contribution in [1.82, 2.24) is 0 Å². The fourth-order valence-corrected chi connectivity index (χ4v) is 1.89. The first-order chi connectivity index (χ1) is 6.79. The molecule has 2 N–H and O–H groups in total. The summed E-state index contributed by atoms with van der Waals surface area (Å²) in [6, 6.07) is 8.51. The molecule has 2 unspecified atom stereocenters. The number of hydrogen-bond donors (Lipinski definition) is 1. The van der Waals surface area contributed by atoms with Gasteiger partial charge in [-0.05, 0) is 24.5 Å². The van der Waals surface area contributed by atoms with Crippen LogP contribution in [0.5, 0.6) is 5.75 Å². The van der Waals surface area contributed by atoms with Crippen molar-refractivity contribution in [1.29, 1.82) is 0 Å². The quantitative estimate of drug-likeness (QED) is 0.794. The summed E-state index contributed by atoms with van der Waals surface area (Å²) < 4.78 is 5.80. The molecule has 0 amide bonds. The second kappa shape index (κ2) is 4.01. The number of ether oxygens (including phenoxy) is 1. The molecule has 76 valence electrons. The Labute approximate surface area is 85.1 Å². The second-order valence-electron chi connectivity index (χ2n) is 3.96. The van der Waals surface area contributed by atoms with E-state index in [-0.39, 0.29) is 6.04 Å². The maximum Gasteiger partial charge on any atom is 0.123 e. The molecule has 0 saturated carbocycles. The van der Waals surface area contributed by atoms with E-state index in [4.69, 9.17) is 10.5 Å². The highest BCUT2D eigenvalue weighted by molar-refractivity contribution is 5.37. The second-order valence-corrected chi connectivity index (χ2v) is 3.96. The molecule has 0 fully saturated rings. The molecule has 2 rings (SSSR count). The zero-order valence-electron chi connectivity index (χ0n) is 8.57. The normalized spacial score (nSPS) is 21.4. The van der Waals surface area contributed by atoms with Gasteiger partial charge in [-0.3, -0.25) is 0 Å². The zero-order chi connectivity index (χ0) is 9.97. The van der Waals surface area contributed by atoms with Crippen molar-refractivity contribution < 1.29 is 4.74 Å². The summed E-state index contributed by atoms with van der Waals surface area (Å²) >= 11 is 0. The molecule has 0 aliphatic carbocycles. The molecular weight excluding hydrogens is 174 g/mol. The molecule has 2 heteroatoms. The molecule has 0 aromatic heterocycles. The van der Waals surface area contributed by atoms with Gasteiger partial charge in [-0.25, -0.2) is 0 Å². The lowest BCUT2D eigenvalue weighted by molar-refractivity contribution is 0.209. The maximum absolute atomic E-state index is 5.91. The lowest BCUT2D eigenvalue weighted by Crippen LogP contribution is -2.27. The Morgan fingerprint density at radius 2 is 2.29 bits per heavy atom. The summed E-state index contributed by atoms with van der Waals surface area (Å²) in [6.07, 6.45) is 3.30. The van der Waals surface area contributed by atoms with E-state index in [2.05, 4.69) is 19.1 Å². The van der Waals surface area contributed by atoms with Gasteiger partial charge < -0.3 is 10.5 Å². The number of benzene rings is 1. The predicted octanol–water partition coefficient (Wildman–Crippen LogP) is 2.12. The Kier molecular flexibility index (Phi) is 2.73. The highest BCUT2D eigenvalue weighted by Gasteiger charge is 2.23. The molecule has 1 aromatic rings. The van der Waals surface area contributed by atoms with E-state index in [9.17, 15) is 0 Å². The van der Waals surface area contributed by atoms with Crippen LogP contribution in [0.4, 0.5) is 0 Å². The largest absolute Gasteiger partial charge is 0.490 e. The number of rotatable bonds is 3. The summed E-state index contributed by atoms with van der Waals surface area (Å²) in [5, 5.41) is 0. The fourth-order valence-electron chi connectivity index (χ4n) is 1.89. The van der Waals surface area contributed by atoms with Gasteiger partial charge in [0.1, 0.15) is 11.9 Å². The Morgan fingerprint density at radius 3 is 3.00 bits per heavy atom. The number of para-hydroxylation sites is 1. The van der Waals surface area contributed by atoms with Crippen LogP contribution < -0.4 is 10.5 Å². The number of hydrogen-bond acceptors (Lipinski definition) is 2. The standard InChI is InChI=1S/C12H17NO/c1-2-10(13)8-11-7-9-5-3-4-6-12(9)14-11/h3-6,10-11H,2,7-8,13H2,1H3. The Morgan fingerprint density at radius 1 is 1.50 bits per heavy atom. The third-order valence-corrected chi connectivity index (χ3v) is 2.80. The maximum atomic E-state index is 5.91. The van der Waals surface area contributed by atoms with Crippen molar-refractivity contribution in [2.24, 2.45) is 5.73 Å². The van der Waals surface area contributed by atoms with Gasteiger partial charge in [0.15, 0.2) is 0 Å². The van der Waals surface area contributed by atoms with Gasteiger partial charge >= 0.3 is 0 Å². The van der Waals surface area contributed by atoms with Crippen molar-refractivity contribution in [3.8, 4) is 5.75 Å². The first kappa shape index (κ1) is 9.53. The van der Waals surface area contributed by atoms with Crippen LogP contribution in [0.3, 0.4) is 0 Å². The molecule has 2 atom stereocenters. The van der Waals surface area contributed by atoms with Crippen LogP contribution in [-0.4, -0.2) is 12.1 Å². The molecule has 2 nitrogen and oxygen atoms in total. The number of fused-ring (bicyclic) bond motifs is 1. The summed E-state index contributed by atoms with van der Waals surface area (Å²) in [4.78, 5) is 0. The van der Waals surface area contributed by atoms with Crippen LogP contribution in [0.25, 0.3) is 0 Å². The van der Waals surface area contributed by atoms with Gasteiger partial charge in [-0.1, -0.05) is 25.1 Å². The van der Waals surface area contributed by atoms with Gasteiger partial charge in [0.2, 0.25) is 0 Å². The minimum Gasteiger partial charge on any atom is -0.490 e. The lowest BCUT2D eigenvalue weighted by Gasteiger charge is -2.14. The zero-order valence-corrected chi connectivity index (χ0v) is 8.57. The smallest absolute Gasteiger partial charge is 0.123 e. The van der Waals surface area contributed by atoms with E-state index in [0.717, 1.165) is 25.0 Å². The Balaban J connectivity index is 1.98. The highest BCUT2D eigenvalue weighted by Crippen LogP contribution is 2.29. The van der Waals surface area contributed by atoms with Crippen LogP contribution >= 0.6 is 0 Å². The van der Waals surface area contributed by atoms with E-state index in [1.807, 2.05) is 12.1 Å². The third kappa shape index (κ3) is 1.90. The van der Waals surface area contributed by atoms with Crippen LogP contribution in [0, 0.1) is 0 Å². The molecule has 1 aliphatic heterocycles. The SMILES string of the molecule is CCC(N)CC1Cc2ccccc2O1. The van der Waals surface area contributed by atoms with Crippen LogP contribution in [0.2, 0.25) is 0 Å².